The van der Waals surface area contributed by atoms with Crippen LogP contribution in [0.3, 0.4) is 0 Å². The summed E-state index contributed by atoms with van der Waals surface area (Å²) in [6, 6.07) is 5.88. The number of nitrogens with one attached hydrogen (secondary N) is 1. The summed E-state index contributed by atoms with van der Waals surface area (Å²) < 4.78 is 0. The highest BCUT2D eigenvalue weighted by Gasteiger charge is 2.16. The van der Waals surface area contributed by atoms with Crippen molar-refractivity contribution in [3.05, 3.63) is 52.2 Å². The van der Waals surface area contributed by atoms with Crippen molar-refractivity contribution in [2.75, 3.05) is 6.54 Å². The summed E-state index contributed by atoms with van der Waals surface area (Å²) in [7, 11) is 0. The molecule has 84 valence electrons. The maximum Gasteiger partial charge on any atom is 0.280 e. The van der Waals surface area contributed by atoms with Gasteiger partial charge in [-0.25, -0.2) is 0 Å². The minimum Gasteiger partial charge on any atom is -0.391 e. The Morgan fingerprint density at radius 2 is 2.19 bits per heavy atom. The highest BCUT2D eigenvalue weighted by atomic mass is 16.6. The van der Waals surface area contributed by atoms with Crippen LogP contribution in [0.15, 0.2) is 36.5 Å². The van der Waals surface area contributed by atoms with E-state index in [1.807, 2.05) is 6.92 Å². The van der Waals surface area contributed by atoms with Crippen LogP contribution in [-0.4, -0.2) is 17.3 Å². The van der Waals surface area contributed by atoms with Gasteiger partial charge in [-0.05, 0) is 13.0 Å². The first-order valence-electron chi connectivity index (χ1n) is 4.84. The lowest BCUT2D eigenvalue weighted by molar-refractivity contribution is -0.385. The van der Waals surface area contributed by atoms with Gasteiger partial charge in [-0.1, -0.05) is 12.1 Å². The van der Waals surface area contributed by atoms with E-state index in [1.165, 1.54) is 30.5 Å². The van der Waals surface area contributed by atoms with Crippen molar-refractivity contribution in [1.29, 1.82) is 0 Å². The molecule has 0 atom stereocenters. The van der Waals surface area contributed by atoms with Gasteiger partial charge in [-0.2, -0.15) is 0 Å². The lowest BCUT2D eigenvalue weighted by Crippen LogP contribution is -2.05. The molecular formula is C11H12N2O3. The molecule has 0 radical (unpaired) electrons. The van der Waals surface area contributed by atoms with E-state index in [-0.39, 0.29) is 17.0 Å². The van der Waals surface area contributed by atoms with E-state index in [0.29, 0.717) is 6.54 Å². The van der Waals surface area contributed by atoms with E-state index in [1.54, 1.807) is 6.07 Å². The van der Waals surface area contributed by atoms with Gasteiger partial charge in [0, 0.05) is 24.9 Å². The normalized spacial score (nSPS) is 10.3. The summed E-state index contributed by atoms with van der Waals surface area (Å²) in [4.78, 5) is 21.7. The Morgan fingerprint density at radius 1 is 1.50 bits per heavy atom. The number of hydrogen-bond acceptors (Lipinski definition) is 4. The van der Waals surface area contributed by atoms with Crippen molar-refractivity contribution in [2.24, 2.45) is 0 Å². The van der Waals surface area contributed by atoms with E-state index < -0.39 is 4.92 Å². The van der Waals surface area contributed by atoms with Crippen molar-refractivity contribution in [3.8, 4) is 0 Å². The molecule has 1 rings (SSSR count). The fraction of sp³-hybridized carbons (Fsp3) is 0.182. The third-order valence-electron chi connectivity index (χ3n) is 1.92. The average Bonchev–Trinajstić information content (AvgIpc) is 2.29. The van der Waals surface area contributed by atoms with Gasteiger partial charge >= 0.3 is 0 Å². The highest BCUT2D eigenvalue weighted by molar-refractivity contribution is 6.07. The van der Waals surface area contributed by atoms with Gasteiger partial charge in [-0.3, -0.25) is 14.9 Å². The number of carbonyl (C=O) groups excluding carboxylic acids is 1. The lowest BCUT2D eigenvalue weighted by Gasteiger charge is -1.98. The molecule has 0 aromatic heterocycles. The highest BCUT2D eigenvalue weighted by Crippen LogP contribution is 2.18. The van der Waals surface area contributed by atoms with E-state index in [2.05, 4.69) is 5.32 Å². The van der Waals surface area contributed by atoms with Crippen LogP contribution in [0.4, 0.5) is 5.69 Å². The molecule has 0 saturated carbocycles. The summed E-state index contributed by atoms with van der Waals surface area (Å²) in [5, 5.41) is 13.5. The number of nitro groups is 1. The fourth-order valence-electron chi connectivity index (χ4n) is 1.18. The van der Waals surface area contributed by atoms with Crippen molar-refractivity contribution < 1.29 is 9.72 Å². The van der Waals surface area contributed by atoms with Gasteiger partial charge in [0.15, 0.2) is 5.78 Å². The molecule has 0 spiro atoms. The fourth-order valence-corrected chi connectivity index (χ4v) is 1.18. The summed E-state index contributed by atoms with van der Waals surface area (Å²) in [5.41, 5.74) is -0.0738. The smallest absolute Gasteiger partial charge is 0.280 e. The topological polar surface area (TPSA) is 72.2 Å². The first kappa shape index (κ1) is 11.9. The van der Waals surface area contributed by atoms with Gasteiger partial charge < -0.3 is 5.32 Å². The van der Waals surface area contributed by atoms with Crippen LogP contribution < -0.4 is 5.32 Å². The van der Waals surface area contributed by atoms with Crippen molar-refractivity contribution in [3.63, 3.8) is 0 Å². The Bertz CT molecular complexity index is 427. The van der Waals surface area contributed by atoms with Crippen molar-refractivity contribution in [1.82, 2.24) is 5.32 Å². The molecular weight excluding hydrogens is 208 g/mol. The monoisotopic (exact) mass is 220 g/mol. The molecule has 5 heteroatoms. The van der Waals surface area contributed by atoms with Crippen molar-refractivity contribution >= 4 is 11.5 Å². The molecule has 0 saturated heterocycles. The van der Waals surface area contributed by atoms with Crippen molar-refractivity contribution in [2.45, 2.75) is 6.92 Å². The molecule has 0 unspecified atom stereocenters. The number of allylic oxidation sites excluding steroid dienone is 1. The van der Waals surface area contributed by atoms with Gasteiger partial charge in [0.05, 0.1) is 10.5 Å². The van der Waals surface area contributed by atoms with Gasteiger partial charge in [-0.15, -0.1) is 0 Å². The first-order valence-corrected chi connectivity index (χ1v) is 4.84. The lowest BCUT2D eigenvalue weighted by atomic mass is 10.1. The van der Waals surface area contributed by atoms with Gasteiger partial charge in [0.25, 0.3) is 5.69 Å². The summed E-state index contributed by atoms with van der Waals surface area (Å²) in [6.07, 6.45) is 2.77. The number of nitrogens with zero attached hydrogens (tertiary/aromatic N) is 1. The van der Waals surface area contributed by atoms with Crippen LogP contribution in [0.1, 0.15) is 17.3 Å². The number of ketones is 1. The Labute approximate surface area is 92.9 Å². The standard InChI is InChI=1S/C11H12N2O3/c1-2-12-8-7-11(14)9-5-3-4-6-10(9)13(15)16/h3-8,12H,2H2,1H3. The molecule has 0 amide bonds. The third-order valence-corrected chi connectivity index (χ3v) is 1.92. The molecule has 0 aliphatic carbocycles. The molecule has 0 aliphatic rings. The summed E-state index contributed by atoms with van der Waals surface area (Å²) in [5.74, 6) is -0.381. The molecule has 16 heavy (non-hydrogen) atoms. The van der Waals surface area contributed by atoms with Gasteiger partial charge in [0.1, 0.15) is 0 Å². The molecule has 1 aromatic carbocycles. The Balaban J connectivity index is 2.95. The molecule has 0 aliphatic heterocycles. The number of rotatable bonds is 5. The Morgan fingerprint density at radius 3 is 2.81 bits per heavy atom. The number of benzene rings is 1. The van der Waals surface area contributed by atoms with Crippen LogP contribution in [0.25, 0.3) is 0 Å². The van der Waals surface area contributed by atoms with Gasteiger partial charge in [0.2, 0.25) is 0 Å². The molecule has 0 heterocycles. The maximum absolute atomic E-state index is 11.6. The molecule has 0 fully saturated rings. The minimum absolute atomic E-state index is 0.0988. The predicted octanol–water partition coefficient (Wildman–Crippen LogP) is 1.90. The zero-order valence-corrected chi connectivity index (χ0v) is 8.84. The first-order chi connectivity index (χ1) is 7.66. The number of hydrogen-bond donors (Lipinski definition) is 1. The minimum atomic E-state index is -0.561. The zero-order valence-electron chi connectivity index (χ0n) is 8.84. The predicted molar refractivity (Wildman–Crippen MR) is 60.2 cm³/mol. The Hall–Kier alpha value is -2.17. The van der Waals surface area contributed by atoms with Crippen LogP contribution in [0.2, 0.25) is 0 Å². The second kappa shape index (κ2) is 5.65. The van der Waals surface area contributed by atoms with Crippen LogP contribution in [0.5, 0.6) is 0 Å². The molecule has 5 nitrogen and oxygen atoms in total. The second-order valence-electron chi connectivity index (χ2n) is 3.03. The number of para-hydroxylation sites is 1. The average molecular weight is 220 g/mol. The zero-order chi connectivity index (χ0) is 12.0. The largest absolute Gasteiger partial charge is 0.391 e. The number of carbonyl (C=O) groups is 1. The third kappa shape index (κ3) is 2.91. The maximum atomic E-state index is 11.6. The quantitative estimate of drug-likeness (QED) is 0.356. The van der Waals surface area contributed by atoms with E-state index in [4.69, 9.17) is 0 Å². The van der Waals surface area contributed by atoms with Crippen LogP contribution in [-0.2, 0) is 0 Å². The summed E-state index contributed by atoms with van der Waals surface area (Å²) >= 11 is 0. The molecule has 0 bridgehead atoms. The van der Waals surface area contributed by atoms with E-state index >= 15 is 0 Å². The Kier molecular flexibility index (Phi) is 4.20. The van der Waals surface area contributed by atoms with E-state index in [0.717, 1.165) is 0 Å². The SMILES string of the molecule is CCNC=CC(=O)c1ccccc1[N+](=O)[O-]. The molecule has 1 N–H and O–H groups in total. The van der Waals surface area contributed by atoms with Crippen LogP contribution in [0, 0.1) is 10.1 Å². The molecule has 1 aromatic rings. The number of nitro benzene ring substituents is 1. The van der Waals surface area contributed by atoms with E-state index in [9.17, 15) is 14.9 Å². The second-order valence-corrected chi connectivity index (χ2v) is 3.03. The summed E-state index contributed by atoms with van der Waals surface area (Å²) in [6.45, 7) is 2.58. The van der Waals surface area contributed by atoms with Crippen LogP contribution >= 0.6 is 0 Å².